The Hall–Kier alpha value is -2.52. The van der Waals surface area contributed by atoms with Gasteiger partial charge in [0.1, 0.15) is 5.75 Å². The van der Waals surface area contributed by atoms with Gasteiger partial charge in [-0.15, -0.1) is 0 Å². The number of rotatable bonds is 4. The maximum Gasteiger partial charge on any atom is 0.316 e. The average Bonchev–Trinajstić information content (AvgIpc) is 2.64. The van der Waals surface area contributed by atoms with Crippen LogP contribution in [0.5, 0.6) is 5.75 Å². The minimum Gasteiger partial charge on any atom is -0.426 e. The van der Waals surface area contributed by atoms with Crippen LogP contribution in [-0.2, 0) is 15.7 Å². The first kappa shape index (κ1) is 18.3. The summed E-state index contributed by atoms with van der Waals surface area (Å²) < 4.78 is 5.49. The Kier molecular flexibility index (Phi) is 5.48. The van der Waals surface area contributed by atoms with Gasteiger partial charge in [0.2, 0.25) is 0 Å². The molecule has 0 N–H and O–H groups in total. The fraction of sp³-hybridized carbons (Fsp3) is 0.174. The molecule has 0 saturated carbocycles. The quantitative estimate of drug-likeness (QED) is 0.336. The molecule has 3 heteroatoms. The Labute approximate surface area is 158 Å². The van der Waals surface area contributed by atoms with E-state index in [1.807, 2.05) is 57.2 Å². The maximum atomic E-state index is 12.1. The number of hydrogen-bond donors (Lipinski definition) is 0. The lowest BCUT2D eigenvalue weighted by atomic mass is 9.97. The molecule has 0 spiro atoms. The zero-order valence-electron chi connectivity index (χ0n) is 15.3. The summed E-state index contributed by atoms with van der Waals surface area (Å²) in [5.41, 5.74) is -0.517. The summed E-state index contributed by atoms with van der Waals surface area (Å²) >= 11 is 0. The largest absolute Gasteiger partial charge is 0.426 e. The van der Waals surface area contributed by atoms with Gasteiger partial charge in [0, 0.05) is 0 Å². The van der Waals surface area contributed by atoms with E-state index in [0.29, 0.717) is 5.75 Å². The molecule has 0 unspecified atom stereocenters. The van der Waals surface area contributed by atoms with Crippen LogP contribution in [0.25, 0.3) is 0 Å². The molecule has 0 fully saturated rings. The van der Waals surface area contributed by atoms with Crippen molar-refractivity contribution in [1.82, 2.24) is 0 Å². The van der Waals surface area contributed by atoms with Crippen molar-refractivity contribution in [3.8, 4) is 5.75 Å². The molecule has 3 aromatic carbocycles. The van der Waals surface area contributed by atoms with Crippen molar-refractivity contribution in [2.45, 2.75) is 35.5 Å². The lowest BCUT2D eigenvalue weighted by Crippen LogP contribution is -2.25. The van der Waals surface area contributed by atoms with Gasteiger partial charge in [-0.25, -0.2) is 0 Å². The Morgan fingerprint density at radius 3 is 1.54 bits per heavy atom. The third kappa shape index (κ3) is 4.36. The number of carbonyl (C=O) groups is 1. The standard InChI is InChI=1S/C23H23O2S/c1-23(2,3)22(24)25-18-14-16-21(17-15-18)26(19-10-6-4-7-11-19)20-12-8-5-9-13-20/h4-17H,1-3H3/q+1. The van der Waals surface area contributed by atoms with Crippen LogP contribution in [0.1, 0.15) is 20.8 Å². The molecule has 0 atom stereocenters. The summed E-state index contributed by atoms with van der Waals surface area (Å²) in [5, 5.41) is 0. The van der Waals surface area contributed by atoms with Gasteiger partial charge in [0.25, 0.3) is 0 Å². The van der Waals surface area contributed by atoms with Crippen molar-refractivity contribution in [2.75, 3.05) is 0 Å². The summed E-state index contributed by atoms with van der Waals surface area (Å²) in [6.45, 7) is 5.56. The predicted octanol–water partition coefficient (Wildman–Crippen LogP) is 5.73. The Morgan fingerprint density at radius 2 is 1.12 bits per heavy atom. The van der Waals surface area contributed by atoms with E-state index < -0.39 is 5.41 Å². The van der Waals surface area contributed by atoms with Gasteiger partial charge in [0.15, 0.2) is 14.7 Å². The second kappa shape index (κ2) is 7.79. The highest BCUT2D eigenvalue weighted by Gasteiger charge is 2.29. The van der Waals surface area contributed by atoms with Gasteiger partial charge in [-0.1, -0.05) is 36.4 Å². The topological polar surface area (TPSA) is 26.3 Å². The summed E-state index contributed by atoms with van der Waals surface area (Å²) in [5.74, 6) is 0.355. The van der Waals surface area contributed by atoms with Crippen LogP contribution in [0.4, 0.5) is 0 Å². The molecule has 0 radical (unpaired) electrons. The van der Waals surface area contributed by atoms with Crippen molar-refractivity contribution < 1.29 is 9.53 Å². The van der Waals surface area contributed by atoms with E-state index in [-0.39, 0.29) is 16.9 Å². The number of carbonyl (C=O) groups excluding carboxylic acids is 1. The SMILES string of the molecule is CC(C)(C)C(=O)Oc1ccc([S+](c2ccccc2)c2ccccc2)cc1. The van der Waals surface area contributed by atoms with Crippen molar-refractivity contribution in [1.29, 1.82) is 0 Å². The molecule has 3 aromatic rings. The van der Waals surface area contributed by atoms with Crippen molar-refractivity contribution in [2.24, 2.45) is 5.41 Å². The molecule has 0 amide bonds. The highest BCUT2D eigenvalue weighted by atomic mass is 32.2. The monoisotopic (exact) mass is 363 g/mol. The normalized spacial score (nSPS) is 11.4. The summed E-state index contributed by atoms with van der Waals surface area (Å²) in [7, 11) is -0.193. The smallest absolute Gasteiger partial charge is 0.316 e. The highest BCUT2D eigenvalue weighted by molar-refractivity contribution is 7.97. The van der Waals surface area contributed by atoms with E-state index >= 15 is 0 Å². The molecule has 0 aliphatic rings. The third-order valence-corrected chi connectivity index (χ3v) is 6.07. The minimum absolute atomic E-state index is 0.193. The molecule has 0 aliphatic carbocycles. The first-order valence-corrected chi connectivity index (χ1v) is 9.84. The van der Waals surface area contributed by atoms with E-state index in [0.717, 1.165) is 0 Å². The molecule has 3 rings (SSSR count). The third-order valence-electron chi connectivity index (χ3n) is 3.84. The molecule has 0 heterocycles. The van der Waals surface area contributed by atoms with Gasteiger partial charge in [-0.05, 0) is 69.3 Å². The minimum atomic E-state index is -0.517. The lowest BCUT2D eigenvalue weighted by molar-refractivity contribution is -0.142. The van der Waals surface area contributed by atoms with Crippen LogP contribution in [0.3, 0.4) is 0 Å². The number of hydrogen-bond acceptors (Lipinski definition) is 2. The molecule has 0 aromatic heterocycles. The Balaban J connectivity index is 1.92. The maximum absolute atomic E-state index is 12.1. The molecule has 0 bridgehead atoms. The molecule has 26 heavy (non-hydrogen) atoms. The number of ether oxygens (including phenoxy) is 1. The van der Waals surface area contributed by atoms with E-state index in [1.165, 1.54) is 14.7 Å². The first-order chi connectivity index (χ1) is 12.4. The van der Waals surface area contributed by atoms with Crippen LogP contribution in [0.2, 0.25) is 0 Å². The van der Waals surface area contributed by atoms with Gasteiger partial charge in [-0.2, -0.15) is 0 Å². The lowest BCUT2D eigenvalue weighted by Gasteiger charge is -2.16. The van der Waals surface area contributed by atoms with Crippen molar-refractivity contribution in [3.05, 3.63) is 84.9 Å². The van der Waals surface area contributed by atoms with Crippen LogP contribution >= 0.6 is 0 Å². The molecule has 2 nitrogen and oxygen atoms in total. The van der Waals surface area contributed by atoms with Gasteiger partial charge < -0.3 is 4.74 Å². The summed E-state index contributed by atoms with van der Waals surface area (Å²) in [6.07, 6.45) is 0. The van der Waals surface area contributed by atoms with E-state index in [4.69, 9.17) is 4.74 Å². The second-order valence-electron chi connectivity index (χ2n) is 7.04. The van der Waals surface area contributed by atoms with E-state index in [9.17, 15) is 4.79 Å². The van der Waals surface area contributed by atoms with Gasteiger partial charge >= 0.3 is 5.97 Å². The highest BCUT2D eigenvalue weighted by Crippen LogP contribution is 2.32. The fourth-order valence-electron chi connectivity index (χ4n) is 2.43. The summed E-state index contributed by atoms with van der Waals surface area (Å²) in [4.78, 5) is 15.8. The zero-order valence-corrected chi connectivity index (χ0v) is 16.1. The molecule has 0 aliphatic heterocycles. The zero-order chi connectivity index (χ0) is 18.6. The van der Waals surface area contributed by atoms with E-state index in [1.54, 1.807) is 0 Å². The Bertz CT molecular complexity index is 811. The van der Waals surface area contributed by atoms with Crippen LogP contribution < -0.4 is 4.74 Å². The van der Waals surface area contributed by atoms with Gasteiger partial charge in [-0.3, -0.25) is 4.79 Å². The van der Waals surface area contributed by atoms with Gasteiger partial charge in [0.05, 0.1) is 16.3 Å². The molecule has 132 valence electrons. The van der Waals surface area contributed by atoms with Crippen molar-refractivity contribution >= 4 is 16.9 Å². The molecular weight excluding hydrogens is 340 g/mol. The molecule has 0 saturated heterocycles. The number of esters is 1. The molecular formula is C23H23O2S+. The fourth-order valence-corrected chi connectivity index (χ4v) is 4.51. The second-order valence-corrected chi connectivity index (χ2v) is 9.07. The average molecular weight is 364 g/mol. The van der Waals surface area contributed by atoms with Crippen molar-refractivity contribution in [3.63, 3.8) is 0 Å². The van der Waals surface area contributed by atoms with Crippen LogP contribution in [0.15, 0.2) is 99.6 Å². The van der Waals surface area contributed by atoms with Crippen LogP contribution in [0, 0.1) is 5.41 Å². The van der Waals surface area contributed by atoms with Crippen LogP contribution in [-0.4, -0.2) is 5.97 Å². The van der Waals surface area contributed by atoms with E-state index in [2.05, 4.69) is 48.5 Å². The first-order valence-electron chi connectivity index (χ1n) is 8.62. The Morgan fingerprint density at radius 1 is 0.692 bits per heavy atom. The predicted molar refractivity (Wildman–Crippen MR) is 107 cm³/mol. The number of benzene rings is 3. The summed E-state index contributed by atoms with van der Waals surface area (Å²) in [6, 6.07) is 28.8.